The van der Waals surface area contributed by atoms with Gasteiger partial charge in [-0.05, 0) is 35.9 Å². The van der Waals surface area contributed by atoms with E-state index in [1.54, 1.807) is 12.1 Å². The number of rotatable bonds is 7. The van der Waals surface area contributed by atoms with Crippen LogP contribution in [0.2, 0.25) is 0 Å². The number of hydrogen-bond donors (Lipinski definition) is 1. The molecule has 2 aliphatic rings. The van der Waals surface area contributed by atoms with Gasteiger partial charge in [0.15, 0.2) is 0 Å². The van der Waals surface area contributed by atoms with E-state index in [-0.39, 0.29) is 50.3 Å². The average molecular weight is 496 g/mol. The number of sulfonamides is 1. The fraction of sp³-hybridized carbons (Fsp3) is 0.435. The first kappa shape index (κ1) is 24.7. The second kappa shape index (κ2) is 10.9. The minimum Gasteiger partial charge on any atom is -0.379 e. The molecule has 0 aromatic heterocycles. The molecule has 2 saturated heterocycles. The zero-order valence-electron chi connectivity index (χ0n) is 18.6. The Morgan fingerprint density at radius 3 is 2.21 bits per heavy atom. The van der Waals surface area contributed by atoms with E-state index in [2.05, 4.69) is 10.2 Å². The fourth-order valence-corrected chi connectivity index (χ4v) is 5.59. The maximum absolute atomic E-state index is 14.5. The van der Waals surface area contributed by atoms with Crippen LogP contribution in [-0.2, 0) is 19.5 Å². The van der Waals surface area contributed by atoms with Gasteiger partial charge >= 0.3 is 0 Å². The van der Waals surface area contributed by atoms with E-state index in [4.69, 9.17) is 9.47 Å². The van der Waals surface area contributed by atoms with Crippen LogP contribution < -0.4 is 5.32 Å². The minimum atomic E-state index is -4.10. The highest BCUT2D eigenvalue weighted by Gasteiger charge is 2.30. The van der Waals surface area contributed by atoms with Gasteiger partial charge in [-0.3, -0.25) is 9.69 Å². The summed E-state index contributed by atoms with van der Waals surface area (Å²) in [6.45, 7) is 3.30. The molecule has 0 saturated carbocycles. The Hall–Kier alpha value is -2.44. The summed E-state index contributed by atoms with van der Waals surface area (Å²) in [4.78, 5) is 14.5. The third kappa shape index (κ3) is 5.61. The van der Waals surface area contributed by atoms with E-state index >= 15 is 0 Å². The fourth-order valence-electron chi connectivity index (χ4n) is 4.09. The summed E-state index contributed by atoms with van der Waals surface area (Å²) in [5.41, 5.74) is 0.867. The molecule has 0 spiro atoms. The summed E-state index contributed by atoms with van der Waals surface area (Å²) in [7, 11) is -4.10. The lowest BCUT2D eigenvalue weighted by Gasteiger charge is -2.35. The summed E-state index contributed by atoms with van der Waals surface area (Å²) in [5, 5.41) is 2.82. The molecule has 2 aromatic rings. The van der Waals surface area contributed by atoms with Crippen molar-refractivity contribution in [2.24, 2.45) is 0 Å². The van der Waals surface area contributed by atoms with Crippen molar-refractivity contribution in [2.75, 3.05) is 59.2 Å². The second-order valence-electron chi connectivity index (χ2n) is 8.09. The molecule has 1 amide bonds. The Kier molecular flexibility index (Phi) is 7.89. The molecule has 2 aromatic carbocycles. The summed E-state index contributed by atoms with van der Waals surface area (Å²) < 4.78 is 65.5. The van der Waals surface area contributed by atoms with E-state index in [1.807, 2.05) is 0 Å². The van der Waals surface area contributed by atoms with Crippen LogP contribution in [0.4, 0.5) is 8.78 Å². The Labute approximate surface area is 197 Å². The molecular weight excluding hydrogens is 468 g/mol. The Bertz CT molecular complexity index is 1100. The summed E-state index contributed by atoms with van der Waals surface area (Å²) >= 11 is 0. The smallest absolute Gasteiger partial charge is 0.251 e. The molecule has 4 rings (SSSR count). The lowest BCUT2D eigenvalue weighted by Crippen LogP contribution is -2.44. The number of hydrogen-bond acceptors (Lipinski definition) is 6. The van der Waals surface area contributed by atoms with Crippen LogP contribution in [0.5, 0.6) is 0 Å². The summed E-state index contributed by atoms with van der Waals surface area (Å²) in [6.07, 6.45) is 0. The molecule has 0 unspecified atom stereocenters. The number of amides is 1. The number of halogens is 2. The van der Waals surface area contributed by atoms with Crippen molar-refractivity contribution in [3.8, 4) is 0 Å². The van der Waals surface area contributed by atoms with E-state index in [1.165, 1.54) is 18.2 Å². The van der Waals surface area contributed by atoms with Crippen LogP contribution in [0, 0.1) is 11.6 Å². The molecule has 2 fully saturated rings. The third-order valence-corrected chi connectivity index (χ3v) is 7.89. The van der Waals surface area contributed by atoms with Crippen LogP contribution in [0.25, 0.3) is 0 Å². The van der Waals surface area contributed by atoms with Gasteiger partial charge in [-0.2, -0.15) is 4.31 Å². The normalized spacial score (nSPS) is 19.0. The number of nitrogens with one attached hydrogen (secondary N) is 1. The Morgan fingerprint density at radius 1 is 0.941 bits per heavy atom. The lowest BCUT2D eigenvalue weighted by atomic mass is 10.0. The van der Waals surface area contributed by atoms with Crippen LogP contribution in [0.1, 0.15) is 22.0 Å². The molecule has 11 heteroatoms. The average Bonchev–Trinajstić information content (AvgIpc) is 2.86. The van der Waals surface area contributed by atoms with Crippen molar-refractivity contribution < 1.29 is 31.5 Å². The Balaban J connectivity index is 1.51. The maximum Gasteiger partial charge on any atom is 0.251 e. The second-order valence-corrected chi connectivity index (χ2v) is 9.99. The first-order valence-electron chi connectivity index (χ1n) is 11.1. The number of nitrogens with zero attached hydrogens (tertiary/aromatic N) is 2. The molecule has 0 radical (unpaired) electrons. The zero-order chi connectivity index (χ0) is 24.1. The van der Waals surface area contributed by atoms with E-state index < -0.39 is 26.6 Å². The lowest BCUT2D eigenvalue weighted by molar-refractivity contribution is 0.0162. The molecule has 2 aliphatic heterocycles. The van der Waals surface area contributed by atoms with Gasteiger partial charge < -0.3 is 14.8 Å². The van der Waals surface area contributed by atoms with Gasteiger partial charge in [-0.1, -0.05) is 12.1 Å². The molecule has 8 nitrogen and oxygen atoms in total. The highest BCUT2D eigenvalue weighted by molar-refractivity contribution is 7.89. The highest BCUT2D eigenvalue weighted by Crippen LogP contribution is 2.24. The van der Waals surface area contributed by atoms with E-state index in [0.717, 1.165) is 22.0 Å². The van der Waals surface area contributed by atoms with Crippen LogP contribution in [0.3, 0.4) is 0 Å². The summed E-state index contributed by atoms with van der Waals surface area (Å²) in [6, 6.07) is 9.16. The van der Waals surface area contributed by atoms with Crippen molar-refractivity contribution >= 4 is 15.9 Å². The van der Waals surface area contributed by atoms with Crippen LogP contribution in [-0.4, -0.2) is 82.7 Å². The monoisotopic (exact) mass is 495 g/mol. The molecule has 2 heterocycles. The predicted molar refractivity (Wildman–Crippen MR) is 120 cm³/mol. The first-order chi connectivity index (χ1) is 16.4. The molecule has 0 bridgehead atoms. The first-order valence-corrected chi connectivity index (χ1v) is 12.5. The van der Waals surface area contributed by atoms with Gasteiger partial charge in [-0.25, -0.2) is 17.2 Å². The van der Waals surface area contributed by atoms with Crippen molar-refractivity contribution in [1.82, 2.24) is 14.5 Å². The number of carbonyl (C=O) groups is 1. The standard InChI is InChI=1S/C23H27F2N3O5S/c24-19-4-1-17(2-5-19)21(27-7-11-32-12-8-27)16-26-23(29)18-3-6-20(25)22(15-18)34(30,31)28-9-13-33-14-10-28/h1-6,15,21H,7-14,16H2,(H,26,29)/t21-/m1/s1. The van der Waals surface area contributed by atoms with Crippen LogP contribution >= 0.6 is 0 Å². The molecule has 0 aliphatic carbocycles. The quantitative estimate of drug-likeness (QED) is 0.630. The molecule has 34 heavy (non-hydrogen) atoms. The van der Waals surface area contributed by atoms with Crippen molar-refractivity contribution in [3.63, 3.8) is 0 Å². The number of ether oxygens (including phenoxy) is 2. The van der Waals surface area contributed by atoms with Gasteiger partial charge in [0.1, 0.15) is 16.5 Å². The number of benzene rings is 2. The Morgan fingerprint density at radius 2 is 1.56 bits per heavy atom. The molecular formula is C23H27F2N3O5S. The third-order valence-electron chi connectivity index (χ3n) is 5.98. The van der Waals surface area contributed by atoms with Crippen molar-refractivity contribution in [2.45, 2.75) is 10.9 Å². The van der Waals surface area contributed by atoms with Gasteiger partial charge in [0.05, 0.1) is 32.5 Å². The summed E-state index contributed by atoms with van der Waals surface area (Å²) in [5.74, 6) is -1.80. The van der Waals surface area contributed by atoms with Gasteiger partial charge in [-0.15, -0.1) is 0 Å². The minimum absolute atomic E-state index is 0.0352. The largest absolute Gasteiger partial charge is 0.379 e. The van der Waals surface area contributed by atoms with E-state index in [0.29, 0.717) is 26.3 Å². The highest BCUT2D eigenvalue weighted by atomic mass is 32.2. The van der Waals surface area contributed by atoms with Gasteiger partial charge in [0.2, 0.25) is 10.0 Å². The SMILES string of the molecule is O=C(NC[C@H](c1ccc(F)cc1)N1CCOCC1)c1ccc(F)c(S(=O)(=O)N2CCOCC2)c1. The topological polar surface area (TPSA) is 88.2 Å². The molecule has 184 valence electrons. The number of carbonyl (C=O) groups excluding carboxylic acids is 1. The maximum atomic E-state index is 14.5. The number of morpholine rings is 2. The van der Waals surface area contributed by atoms with Gasteiger partial charge in [0, 0.05) is 38.3 Å². The van der Waals surface area contributed by atoms with Crippen molar-refractivity contribution in [1.29, 1.82) is 0 Å². The van der Waals surface area contributed by atoms with Crippen LogP contribution in [0.15, 0.2) is 47.4 Å². The van der Waals surface area contributed by atoms with E-state index in [9.17, 15) is 22.0 Å². The van der Waals surface area contributed by atoms with Gasteiger partial charge in [0.25, 0.3) is 5.91 Å². The van der Waals surface area contributed by atoms with Crippen molar-refractivity contribution in [3.05, 3.63) is 65.2 Å². The molecule has 1 atom stereocenters. The zero-order valence-corrected chi connectivity index (χ0v) is 19.4. The predicted octanol–water partition coefficient (Wildman–Crippen LogP) is 1.79. The molecule has 1 N–H and O–H groups in total.